The van der Waals surface area contributed by atoms with Gasteiger partial charge in [0.25, 0.3) is 0 Å². The summed E-state index contributed by atoms with van der Waals surface area (Å²) in [7, 11) is -3.81. The minimum atomic E-state index is -3.81. The van der Waals surface area contributed by atoms with Gasteiger partial charge in [-0.2, -0.15) is 0 Å². The molecule has 0 atom stereocenters. The van der Waals surface area contributed by atoms with E-state index in [1.54, 1.807) is 12.1 Å². The van der Waals surface area contributed by atoms with Crippen LogP contribution < -0.4 is 5.14 Å². The van der Waals surface area contributed by atoms with E-state index in [0.29, 0.717) is 17.0 Å². The van der Waals surface area contributed by atoms with Gasteiger partial charge in [-0.05, 0) is 42.5 Å². The smallest absolute Gasteiger partial charge is 0.225 e. The van der Waals surface area contributed by atoms with E-state index < -0.39 is 10.0 Å². The number of benzene rings is 2. The van der Waals surface area contributed by atoms with E-state index in [0.717, 1.165) is 29.5 Å². The fraction of sp³-hybridized carbons (Fsp3) is 0.294. The third-order valence-corrected chi connectivity index (χ3v) is 5.12. The van der Waals surface area contributed by atoms with Crippen molar-refractivity contribution in [3.8, 4) is 11.1 Å². The highest BCUT2D eigenvalue weighted by Gasteiger charge is 2.19. The van der Waals surface area contributed by atoms with Crippen molar-refractivity contribution in [2.45, 2.75) is 38.0 Å². The third-order valence-electron chi connectivity index (χ3n) is 3.66. The average Bonchev–Trinajstić information content (AvgIpc) is 2.46. The van der Waals surface area contributed by atoms with E-state index in [-0.39, 0.29) is 4.90 Å². The van der Waals surface area contributed by atoms with Gasteiger partial charge in [0.15, 0.2) is 0 Å². The Hall–Kier alpha value is -1.36. The van der Waals surface area contributed by atoms with Crippen LogP contribution in [-0.2, 0) is 16.4 Å². The molecule has 0 bridgehead atoms. The minimum absolute atomic E-state index is 0.211. The maximum Gasteiger partial charge on any atom is 0.238 e. The fourth-order valence-electron chi connectivity index (χ4n) is 2.47. The number of nitrogens with two attached hydrogens (primary N) is 1. The van der Waals surface area contributed by atoms with Gasteiger partial charge in [-0.25, -0.2) is 13.6 Å². The number of primary sulfonamides is 1. The molecule has 0 aromatic heterocycles. The van der Waals surface area contributed by atoms with E-state index in [4.69, 9.17) is 16.7 Å². The number of aryl methyl sites for hydroxylation is 2. The Balaban J connectivity index is 2.67. The van der Waals surface area contributed by atoms with Crippen LogP contribution in [0.1, 0.15) is 30.9 Å². The van der Waals surface area contributed by atoms with E-state index in [1.165, 1.54) is 0 Å². The van der Waals surface area contributed by atoms with Gasteiger partial charge < -0.3 is 0 Å². The van der Waals surface area contributed by atoms with Crippen molar-refractivity contribution in [3.63, 3.8) is 0 Å². The van der Waals surface area contributed by atoms with Gasteiger partial charge in [0.05, 0.1) is 4.90 Å². The second kappa shape index (κ2) is 6.82. The Labute approximate surface area is 137 Å². The molecule has 2 aromatic rings. The Kier molecular flexibility index (Phi) is 5.27. The van der Waals surface area contributed by atoms with Gasteiger partial charge in [0.1, 0.15) is 0 Å². The average molecular weight is 338 g/mol. The SMILES string of the molecule is CCCCc1cccc(-c2ccc(C)c(Cl)c2)c1S(N)(=O)=O. The third kappa shape index (κ3) is 3.69. The first-order valence-corrected chi connectivity index (χ1v) is 9.18. The molecule has 0 amide bonds. The fourth-order valence-corrected chi connectivity index (χ4v) is 3.68. The van der Waals surface area contributed by atoms with Crippen LogP contribution in [0.4, 0.5) is 0 Å². The Morgan fingerprint density at radius 2 is 1.91 bits per heavy atom. The van der Waals surface area contributed by atoms with E-state index in [1.807, 2.05) is 31.2 Å². The monoisotopic (exact) mass is 337 g/mol. The molecule has 2 aromatic carbocycles. The zero-order valence-electron chi connectivity index (χ0n) is 12.8. The number of sulfonamides is 1. The molecule has 118 valence electrons. The van der Waals surface area contributed by atoms with Crippen LogP contribution in [0.3, 0.4) is 0 Å². The van der Waals surface area contributed by atoms with Crippen LogP contribution in [-0.4, -0.2) is 8.42 Å². The summed E-state index contributed by atoms with van der Waals surface area (Å²) in [5.74, 6) is 0. The molecule has 0 fully saturated rings. The summed E-state index contributed by atoms with van der Waals surface area (Å²) in [5.41, 5.74) is 3.08. The Morgan fingerprint density at radius 3 is 2.50 bits per heavy atom. The zero-order chi connectivity index (χ0) is 16.3. The predicted octanol–water partition coefficient (Wildman–Crippen LogP) is 4.31. The zero-order valence-corrected chi connectivity index (χ0v) is 14.3. The van der Waals surface area contributed by atoms with E-state index >= 15 is 0 Å². The molecule has 0 radical (unpaired) electrons. The molecule has 2 rings (SSSR count). The largest absolute Gasteiger partial charge is 0.238 e. The van der Waals surface area contributed by atoms with Gasteiger partial charge in [0.2, 0.25) is 10.0 Å². The molecule has 0 aliphatic carbocycles. The molecular weight excluding hydrogens is 318 g/mol. The van der Waals surface area contributed by atoms with Crippen LogP contribution in [0.25, 0.3) is 11.1 Å². The molecule has 0 unspecified atom stereocenters. The summed E-state index contributed by atoms with van der Waals surface area (Å²) < 4.78 is 24.2. The minimum Gasteiger partial charge on any atom is -0.225 e. The van der Waals surface area contributed by atoms with Gasteiger partial charge >= 0.3 is 0 Å². The number of hydrogen-bond acceptors (Lipinski definition) is 2. The van der Waals surface area contributed by atoms with Crippen molar-refractivity contribution >= 4 is 21.6 Å². The quantitative estimate of drug-likeness (QED) is 0.883. The van der Waals surface area contributed by atoms with Crippen LogP contribution >= 0.6 is 11.6 Å². The van der Waals surface area contributed by atoms with Crippen LogP contribution in [0.5, 0.6) is 0 Å². The van der Waals surface area contributed by atoms with Crippen LogP contribution in [0.15, 0.2) is 41.3 Å². The molecule has 0 spiro atoms. The van der Waals surface area contributed by atoms with Crippen LogP contribution in [0.2, 0.25) is 5.02 Å². The van der Waals surface area contributed by atoms with Gasteiger partial charge in [0, 0.05) is 10.6 Å². The van der Waals surface area contributed by atoms with E-state index in [2.05, 4.69) is 6.92 Å². The summed E-state index contributed by atoms with van der Waals surface area (Å²) >= 11 is 6.17. The molecule has 0 aliphatic rings. The highest BCUT2D eigenvalue weighted by molar-refractivity contribution is 7.89. The summed E-state index contributed by atoms with van der Waals surface area (Å²) in [4.78, 5) is 0.211. The maximum atomic E-state index is 12.1. The van der Waals surface area contributed by atoms with Crippen molar-refractivity contribution in [3.05, 3.63) is 52.5 Å². The summed E-state index contributed by atoms with van der Waals surface area (Å²) in [5, 5.41) is 6.08. The Morgan fingerprint density at radius 1 is 1.18 bits per heavy atom. The number of halogens is 1. The van der Waals surface area contributed by atoms with Gasteiger partial charge in [-0.15, -0.1) is 0 Å². The second-order valence-electron chi connectivity index (χ2n) is 5.41. The lowest BCUT2D eigenvalue weighted by molar-refractivity contribution is 0.596. The van der Waals surface area contributed by atoms with Gasteiger partial charge in [-0.3, -0.25) is 0 Å². The molecule has 22 heavy (non-hydrogen) atoms. The second-order valence-corrected chi connectivity index (χ2v) is 7.31. The predicted molar refractivity (Wildman–Crippen MR) is 91.6 cm³/mol. The topological polar surface area (TPSA) is 60.2 Å². The van der Waals surface area contributed by atoms with Crippen molar-refractivity contribution < 1.29 is 8.42 Å². The summed E-state index contributed by atoms with van der Waals surface area (Å²) in [6, 6.07) is 11.0. The number of hydrogen-bond donors (Lipinski definition) is 1. The van der Waals surface area contributed by atoms with Crippen molar-refractivity contribution in [1.29, 1.82) is 0 Å². The number of unbranched alkanes of at least 4 members (excludes halogenated alkanes) is 1. The lowest BCUT2D eigenvalue weighted by atomic mass is 9.99. The van der Waals surface area contributed by atoms with Crippen molar-refractivity contribution in [1.82, 2.24) is 0 Å². The highest BCUT2D eigenvalue weighted by Crippen LogP contribution is 2.32. The first-order valence-electron chi connectivity index (χ1n) is 7.25. The van der Waals surface area contributed by atoms with Crippen LogP contribution in [0, 0.1) is 6.92 Å². The lowest BCUT2D eigenvalue weighted by Gasteiger charge is -2.14. The number of rotatable bonds is 5. The molecule has 0 saturated heterocycles. The van der Waals surface area contributed by atoms with Gasteiger partial charge in [-0.1, -0.05) is 55.3 Å². The summed E-state index contributed by atoms with van der Waals surface area (Å²) in [6.45, 7) is 3.98. The standard InChI is InChI=1S/C17H20ClNO2S/c1-3-4-6-13-7-5-8-15(17(13)22(19,20)21)14-10-9-12(2)16(18)11-14/h5,7-11H,3-4,6H2,1-2H3,(H2,19,20,21). The van der Waals surface area contributed by atoms with E-state index in [9.17, 15) is 8.42 Å². The molecular formula is C17H20ClNO2S. The normalized spacial score (nSPS) is 11.6. The molecule has 5 heteroatoms. The van der Waals surface area contributed by atoms with Crippen molar-refractivity contribution in [2.75, 3.05) is 0 Å². The molecule has 2 N–H and O–H groups in total. The first kappa shape index (κ1) is 17.0. The lowest BCUT2D eigenvalue weighted by Crippen LogP contribution is -2.16. The maximum absolute atomic E-state index is 12.1. The highest BCUT2D eigenvalue weighted by atomic mass is 35.5. The Bertz CT molecular complexity index is 785. The first-order chi connectivity index (χ1) is 10.3. The molecule has 3 nitrogen and oxygen atoms in total. The summed E-state index contributed by atoms with van der Waals surface area (Å²) in [6.07, 6.45) is 2.60. The molecule has 0 heterocycles. The molecule has 0 aliphatic heterocycles. The van der Waals surface area contributed by atoms with Crippen molar-refractivity contribution in [2.24, 2.45) is 5.14 Å². The molecule has 0 saturated carbocycles.